The number of halogens is 1. The molecule has 1 aromatic heterocycles. The van der Waals surface area contributed by atoms with Gasteiger partial charge in [0.25, 0.3) is 5.91 Å². The van der Waals surface area contributed by atoms with E-state index in [1.807, 2.05) is 0 Å². The van der Waals surface area contributed by atoms with Crippen LogP contribution in [-0.4, -0.2) is 42.8 Å². The Kier molecular flexibility index (Phi) is 4.90. The number of rotatable bonds is 3. The third-order valence-electron chi connectivity index (χ3n) is 3.84. The summed E-state index contributed by atoms with van der Waals surface area (Å²) in [6.07, 6.45) is -0.0593. The number of carbonyl (C=O) groups is 1. The van der Waals surface area contributed by atoms with Gasteiger partial charge in [0, 0.05) is 27.2 Å². The zero-order valence-corrected chi connectivity index (χ0v) is 13.1. The lowest BCUT2D eigenvalue weighted by Gasteiger charge is -2.18. The summed E-state index contributed by atoms with van der Waals surface area (Å²) in [5.41, 5.74) is 1.26. The van der Waals surface area contributed by atoms with Gasteiger partial charge in [-0.25, -0.2) is 4.79 Å². The Balaban J connectivity index is 0.00000176. The predicted octanol–water partition coefficient (Wildman–Crippen LogP) is 0.270. The van der Waals surface area contributed by atoms with Crippen LogP contribution in [-0.2, 0) is 11.8 Å². The van der Waals surface area contributed by atoms with E-state index in [9.17, 15) is 9.59 Å². The Bertz CT molecular complexity index is 739. The molecule has 2 atom stereocenters. The van der Waals surface area contributed by atoms with E-state index in [2.05, 4.69) is 10.6 Å². The molecule has 120 valence electrons. The number of hydrogen-bond acceptors (Lipinski definition) is 5. The van der Waals surface area contributed by atoms with Crippen LogP contribution in [0, 0.1) is 0 Å². The molecule has 2 unspecified atom stereocenters. The van der Waals surface area contributed by atoms with Gasteiger partial charge >= 0.3 is 5.76 Å². The summed E-state index contributed by atoms with van der Waals surface area (Å²) in [6, 6.07) is 5.01. The second-order valence-corrected chi connectivity index (χ2v) is 5.09. The van der Waals surface area contributed by atoms with E-state index in [-0.39, 0.29) is 30.5 Å². The minimum Gasteiger partial charge on any atom is -0.407 e. The Hall–Kier alpha value is -1.83. The van der Waals surface area contributed by atoms with Gasteiger partial charge in [-0.3, -0.25) is 9.36 Å². The van der Waals surface area contributed by atoms with Gasteiger partial charge in [0.2, 0.25) is 0 Å². The normalized spacial score (nSPS) is 20.8. The number of carbonyl (C=O) groups excluding carboxylic acids is 1. The van der Waals surface area contributed by atoms with E-state index in [0.29, 0.717) is 29.8 Å². The molecule has 1 amide bonds. The number of ether oxygens (including phenoxy) is 1. The Morgan fingerprint density at radius 1 is 1.45 bits per heavy atom. The van der Waals surface area contributed by atoms with Gasteiger partial charge in [-0.1, -0.05) is 6.07 Å². The largest absolute Gasteiger partial charge is 0.419 e. The molecule has 1 saturated heterocycles. The summed E-state index contributed by atoms with van der Waals surface area (Å²) in [7, 11) is 3.23. The fraction of sp³-hybridized carbons (Fsp3) is 0.429. The fourth-order valence-corrected chi connectivity index (χ4v) is 2.62. The third kappa shape index (κ3) is 2.75. The zero-order valence-electron chi connectivity index (χ0n) is 12.3. The molecule has 0 bridgehead atoms. The van der Waals surface area contributed by atoms with Gasteiger partial charge in [0.1, 0.15) is 0 Å². The SMILES string of the molecule is COC1CNCC1NC(=O)c1cccc2c1oc(=O)n2C.Cl. The van der Waals surface area contributed by atoms with Crippen molar-refractivity contribution < 1.29 is 13.9 Å². The van der Waals surface area contributed by atoms with Crippen molar-refractivity contribution in [3.05, 3.63) is 34.3 Å². The summed E-state index contributed by atoms with van der Waals surface area (Å²) in [5.74, 6) is -0.756. The first-order valence-electron chi connectivity index (χ1n) is 6.74. The van der Waals surface area contributed by atoms with E-state index in [4.69, 9.17) is 9.15 Å². The van der Waals surface area contributed by atoms with Crippen LogP contribution in [0.4, 0.5) is 0 Å². The van der Waals surface area contributed by atoms with E-state index >= 15 is 0 Å². The van der Waals surface area contributed by atoms with E-state index in [1.165, 1.54) is 4.57 Å². The molecule has 1 aromatic carbocycles. The summed E-state index contributed by atoms with van der Waals surface area (Å²) in [4.78, 5) is 24.0. The van der Waals surface area contributed by atoms with Crippen LogP contribution in [0.25, 0.3) is 11.1 Å². The first-order valence-corrected chi connectivity index (χ1v) is 6.74. The maximum absolute atomic E-state index is 12.4. The van der Waals surface area contributed by atoms with E-state index in [1.54, 1.807) is 32.4 Å². The molecule has 0 aliphatic carbocycles. The molecule has 0 radical (unpaired) electrons. The van der Waals surface area contributed by atoms with Crippen molar-refractivity contribution in [2.75, 3.05) is 20.2 Å². The Morgan fingerprint density at radius 2 is 2.23 bits per heavy atom. The van der Waals surface area contributed by atoms with Crippen LogP contribution in [0.15, 0.2) is 27.4 Å². The van der Waals surface area contributed by atoms with Crippen molar-refractivity contribution in [2.45, 2.75) is 12.1 Å². The Morgan fingerprint density at radius 3 is 2.95 bits per heavy atom. The molecule has 2 heterocycles. The first-order chi connectivity index (χ1) is 10.1. The van der Waals surface area contributed by atoms with Gasteiger partial charge in [-0.15, -0.1) is 12.4 Å². The highest BCUT2D eigenvalue weighted by Crippen LogP contribution is 2.17. The van der Waals surface area contributed by atoms with Crippen molar-refractivity contribution in [2.24, 2.45) is 7.05 Å². The van der Waals surface area contributed by atoms with Crippen LogP contribution < -0.4 is 16.4 Å². The van der Waals surface area contributed by atoms with Crippen LogP contribution in [0.5, 0.6) is 0 Å². The highest BCUT2D eigenvalue weighted by Gasteiger charge is 2.29. The molecule has 22 heavy (non-hydrogen) atoms. The van der Waals surface area contributed by atoms with Crippen molar-refractivity contribution in [1.29, 1.82) is 0 Å². The predicted molar refractivity (Wildman–Crippen MR) is 83.6 cm³/mol. The van der Waals surface area contributed by atoms with Crippen LogP contribution in [0.2, 0.25) is 0 Å². The average Bonchev–Trinajstić information content (AvgIpc) is 3.04. The second-order valence-electron chi connectivity index (χ2n) is 5.09. The summed E-state index contributed by atoms with van der Waals surface area (Å²) in [5, 5.41) is 6.08. The molecular weight excluding hydrogens is 310 g/mol. The smallest absolute Gasteiger partial charge is 0.407 e. The minimum absolute atomic E-state index is 0. The number of aromatic nitrogens is 1. The number of fused-ring (bicyclic) bond motifs is 1. The molecule has 2 N–H and O–H groups in total. The molecule has 7 nitrogen and oxygen atoms in total. The van der Waals surface area contributed by atoms with Crippen molar-refractivity contribution >= 4 is 29.4 Å². The summed E-state index contributed by atoms with van der Waals surface area (Å²) in [6.45, 7) is 1.35. The zero-order chi connectivity index (χ0) is 15.0. The third-order valence-corrected chi connectivity index (χ3v) is 3.84. The lowest BCUT2D eigenvalue weighted by Crippen LogP contribution is -2.43. The molecule has 0 spiro atoms. The summed E-state index contributed by atoms with van der Waals surface area (Å²) >= 11 is 0. The highest BCUT2D eigenvalue weighted by molar-refractivity contribution is 6.04. The quantitative estimate of drug-likeness (QED) is 0.845. The van der Waals surface area contributed by atoms with Crippen LogP contribution in [0.1, 0.15) is 10.4 Å². The van der Waals surface area contributed by atoms with Crippen LogP contribution in [0.3, 0.4) is 0 Å². The molecule has 3 rings (SSSR count). The second kappa shape index (κ2) is 6.51. The van der Waals surface area contributed by atoms with Crippen molar-refractivity contribution in [3.63, 3.8) is 0 Å². The number of amides is 1. The van der Waals surface area contributed by atoms with Gasteiger partial charge in [0.15, 0.2) is 5.58 Å². The lowest BCUT2D eigenvalue weighted by atomic mass is 10.1. The molecule has 1 fully saturated rings. The van der Waals surface area contributed by atoms with Crippen molar-refractivity contribution in [1.82, 2.24) is 15.2 Å². The first kappa shape index (κ1) is 16.5. The van der Waals surface area contributed by atoms with Gasteiger partial charge in [0.05, 0.1) is 23.2 Å². The molecule has 1 aliphatic rings. The maximum atomic E-state index is 12.4. The molecule has 2 aromatic rings. The van der Waals surface area contributed by atoms with E-state index < -0.39 is 5.76 Å². The fourth-order valence-electron chi connectivity index (χ4n) is 2.62. The molecule has 0 saturated carbocycles. The molecular formula is C14H18ClN3O4. The minimum atomic E-state index is -0.484. The van der Waals surface area contributed by atoms with Gasteiger partial charge in [-0.05, 0) is 12.1 Å². The van der Waals surface area contributed by atoms with Crippen LogP contribution >= 0.6 is 12.4 Å². The number of methoxy groups -OCH3 is 1. The molecule has 8 heteroatoms. The number of nitrogens with zero attached hydrogens (tertiary/aromatic N) is 1. The average molecular weight is 328 g/mol. The summed E-state index contributed by atoms with van der Waals surface area (Å²) < 4.78 is 11.9. The van der Waals surface area contributed by atoms with Crippen molar-refractivity contribution in [3.8, 4) is 0 Å². The number of oxazole rings is 1. The number of para-hydroxylation sites is 1. The number of nitrogens with one attached hydrogen (secondary N) is 2. The molecule has 1 aliphatic heterocycles. The number of aryl methyl sites for hydroxylation is 1. The topological polar surface area (TPSA) is 85.5 Å². The van der Waals surface area contributed by atoms with E-state index in [0.717, 1.165) is 0 Å². The highest BCUT2D eigenvalue weighted by atomic mass is 35.5. The standard InChI is InChI=1S/C14H17N3O4.ClH/c1-17-10-5-3-4-8(12(10)21-14(17)19)13(18)16-9-6-15-7-11(9)20-2;/h3-5,9,11,15H,6-7H2,1-2H3,(H,16,18);1H. The monoisotopic (exact) mass is 327 g/mol. The number of benzene rings is 1. The maximum Gasteiger partial charge on any atom is 0.419 e. The lowest BCUT2D eigenvalue weighted by molar-refractivity contribution is 0.0780. The van der Waals surface area contributed by atoms with Gasteiger partial charge < -0.3 is 19.8 Å². The Labute approximate surface area is 133 Å². The number of hydrogen-bond donors (Lipinski definition) is 2. The van der Waals surface area contributed by atoms with Gasteiger partial charge in [-0.2, -0.15) is 0 Å².